The van der Waals surface area contributed by atoms with E-state index in [1.807, 2.05) is 12.1 Å². The highest BCUT2D eigenvalue weighted by Gasteiger charge is 2.46. The minimum Gasteiger partial charge on any atom is -0.456 e. The van der Waals surface area contributed by atoms with Crippen LogP contribution >= 0.6 is 0 Å². The summed E-state index contributed by atoms with van der Waals surface area (Å²) in [6, 6.07) is 54.1. The van der Waals surface area contributed by atoms with Crippen LogP contribution in [0.1, 0.15) is 55.5 Å². The van der Waals surface area contributed by atoms with Crippen molar-refractivity contribution < 1.29 is 8.83 Å². The van der Waals surface area contributed by atoms with Crippen LogP contribution in [0, 0.1) is 17.8 Å². The fraction of sp³-hybridized carbons (Fsp3) is 0.193. The second-order valence-corrected chi connectivity index (χ2v) is 20.0. The van der Waals surface area contributed by atoms with Gasteiger partial charge in [0, 0.05) is 56.0 Å². The second kappa shape index (κ2) is 12.7. The average Bonchev–Trinajstić information content (AvgIpc) is 4.04. The van der Waals surface area contributed by atoms with Gasteiger partial charge in [0.2, 0.25) is 0 Å². The fourth-order valence-corrected chi connectivity index (χ4v) is 11.7. The topological polar surface area (TPSA) is 32.8 Å². The molecular weight excluding hydrogens is 755 g/mol. The number of rotatable bonds is 4. The second-order valence-electron chi connectivity index (χ2n) is 20.0. The van der Waals surface area contributed by atoms with Crippen molar-refractivity contribution in [3.8, 4) is 22.6 Å². The Labute approximate surface area is 363 Å². The van der Waals surface area contributed by atoms with Gasteiger partial charge >= 0.3 is 0 Å². The Bertz CT molecular complexity index is 3080. The summed E-state index contributed by atoms with van der Waals surface area (Å²) >= 11 is 0. The highest BCUT2D eigenvalue weighted by atomic mass is 16.3. The minimum atomic E-state index is -0.0619. The molecule has 4 aliphatic rings. The summed E-state index contributed by atoms with van der Waals surface area (Å²) in [6.45, 7) is 11.9. The third kappa shape index (κ3) is 5.33. The van der Waals surface area contributed by atoms with Crippen molar-refractivity contribution >= 4 is 79.2 Å². The van der Waals surface area contributed by atoms with E-state index in [1.165, 1.54) is 78.3 Å². The number of para-hydroxylation sites is 2. The van der Waals surface area contributed by atoms with E-state index >= 15 is 0 Å². The van der Waals surface area contributed by atoms with Crippen molar-refractivity contribution in [1.82, 2.24) is 0 Å². The summed E-state index contributed by atoms with van der Waals surface area (Å²) in [5.41, 5.74) is 22.8. The minimum absolute atomic E-state index is 0.0619. The van der Waals surface area contributed by atoms with Gasteiger partial charge in [0.05, 0.1) is 0 Å². The smallest absolute Gasteiger partial charge is 0.252 e. The van der Waals surface area contributed by atoms with Gasteiger partial charge in [0.1, 0.15) is 22.7 Å². The molecule has 2 aliphatic carbocycles. The Morgan fingerprint density at radius 2 is 0.919 bits per heavy atom. The number of fused-ring (bicyclic) bond motifs is 8. The van der Waals surface area contributed by atoms with E-state index in [-0.39, 0.29) is 17.5 Å². The molecule has 7 aromatic carbocycles. The van der Waals surface area contributed by atoms with Crippen molar-refractivity contribution in [2.45, 2.75) is 60.3 Å². The molecule has 62 heavy (non-hydrogen) atoms. The van der Waals surface area contributed by atoms with E-state index in [1.54, 1.807) is 0 Å². The number of anilines is 6. The molecule has 4 nitrogen and oxygen atoms in total. The van der Waals surface area contributed by atoms with Crippen molar-refractivity contribution in [1.29, 1.82) is 0 Å². The Morgan fingerprint density at radius 1 is 0.452 bits per heavy atom. The predicted molar refractivity (Wildman–Crippen MR) is 258 cm³/mol. The Balaban J connectivity index is 1.12. The lowest BCUT2D eigenvalue weighted by Crippen LogP contribution is -2.61. The van der Waals surface area contributed by atoms with Gasteiger partial charge in [-0.15, -0.1) is 0 Å². The zero-order valence-electron chi connectivity index (χ0n) is 36.0. The normalized spacial score (nSPS) is 16.4. The maximum Gasteiger partial charge on any atom is 0.252 e. The molecule has 13 rings (SSSR count). The van der Waals surface area contributed by atoms with E-state index < -0.39 is 0 Å². The summed E-state index contributed by atoms with van der Waals surface area (Å²) in [5, 5.41) is 2.22. The van der Waals surface area contributed by atoms with E-state index in [4.69, 9.17) is 8.83 Å². The van der Waals surface area contributed by atoms with Crippen molar-refractivity contribution in [2.75, 3.05) is 9.80 Å². The number of nitrogens with zero attached hydrogens (tertiary/aromatic N) is 2. The highest BCUT2D eigenvalue weighted by molar-refractivity contribution is 7.00. The Hall–Kier alpha value is -6.72. The van der Waals surface area contributed by atoms with E-state index in [0.717, 1.165) is 70.3 Å². The SMILES string of the molecule is Cc1cc2c3c(c1)N(c1cccc4c1CC(C)(C)C4)c1ccc(-c4cc5ccccc5o4)cc1B3c1cc(-c3cc4ccccc4o3)ccc1N2c1cccc2c1CC(C)(C)C2. The molecule has 0 unspecified atom stereocenters. The summed E-state index contributed by atoms with van der Waals surface area (Å²) in [6.07, 6.45) is 4.25. The molecule has 0 bridgehead atoms. The average molecular weight is 803 g/mol. The molecular formula is C57H47BN2O2. The molecule has 0 saturated heterocycles. The molecule has 9 aromatic rings. The molecule has 0 saturated carbocycles. The van der Waals surface area contributed by atoms with E-state index in [0.29, 0.717) is 0 Å². The first-order valence-corrected chi connectivity index (χ1v) is 22.3. The fourth-order valence-electron chi connectivity index (χ4n) is 11.7. The molecule has 0 N–H and O–H groups in total. The molecule has 0 amide bonds. The van der Waals surface area contributed by atoms with Crippen molar-refractivity contribution in [2.24, 2.45) is 10.8 Å². The van der Waals surface area contributed by atoms with Gasteiger partial charge in [-0.2, -0.15) is 0 Å². The van der Waals surface area contributed by atoms with Crippen LogP contribution in [0.15, 0.2) is 154 Å². The molecule has 2 aliphatic heterocycles. The van der Waals surface area contributed by atoms with Crippen LogP contribution in [0.5, 0.6) is 0 Å². The van der Waals surface area contributed by atoms with Crippen LogP contribution in [0.25, 0.3) is 44.6 Å². The quantitative estimate of drug-likeness (QED) is 0.166. The van der Waals surface area contributed by atoms with Crippen LogP contribution < -0.4 is 26.2 Å². The first kappa shape index (κ1) is 36.0. The molecule has 300 valence electrons. The number of hydrogen-bond acceptors (Lipinski definition) is 4. The van der Waals surface area contributed by atoms with Gasteiger partial charge < -0.3 is 18.6 Å². The summed E-state index contributed by atoms with van der Waals surface area (Å²) in [4.78, 5) is 5.23. The molecule has 4 heterocycles. The molecule has 0 fully saturated rings. The highest BCUT2D eigenvalue weighted by Crippen LogP contribution is 2.51. The van der Waals surface area contributed by atoms with Gasteiger partial charge in [0.15, 0.2) is 0 Å². The summed E-state index contributed by atoms with van der Waals surface area (Å²) < 4.78 is 13.2. The molecule has 2 aromatic heterocycles. The molecule has 0 radical (unpaired) electrons. The van der Waals surface area contributed by atoms with Crippen LogP contribution in [-0.4, -0.2) is 6.71 Å². The van der Waals surface area contributed by atoms with Crippen LogP contribution in [0.2, 0.25) is 0 Å². The maximum absolute atomic E-state index is 6.61. The largest absolute Gasteiger partial charge is 0.456 e. The van der Waals surface area contributed by atoms with Crippen LogP contribution in [0.4, 0.5) is 34.1 Å². The Morgan fingerprint density at radius 3 is 1.39 bits per heavy atom. The van der Waals surface area contributed by atoms with E-state index in [9.17, 15) is 0 Å². The molecule has 5 heteroatoms. The zero-order valence-corrected chi connectivity index (χ0v) is 36.0. The van der Waals surface area contributed by atoms with Gasteiger partial charge in [-0.25, -0.2) is 0 Å². The van der Waals surface area contributed by atoms with Crippen LogP contribution in [-0.2, 0) is 25.7 Å². The first-order valence-electron chi connectivity index (χ1n) is 22.3. The summed E-state index contributed by atoms with van der Waals surface area (Å²) in [7, 11) is 0. The number of hydrogen-bond donors (Lipinski definition) is 0. The predicted octanol–water partition coefficient (Wildman–Crippen LogP) is 13.2. The van der Waals surface area contributed by atoms with Gasteiger partial charge in [-0.3, -0.25) is 0 Å². The number of furan rings is 2. The van der Waals surface area contributed by atoms with Crippen molar-refractivity contribution in [3.05, 3.63) is 173 Å². The van der Waals surface area contributed by atoms with Crippen molar-refractivity contribution in [3.63, 3.8) is 0 Å². The Kier molecular flexibility index (Phi) is 7.36. The summed E-state index contributed by atoms with van der Waals surface area (Å²) in [5.74, 6) is 1.77. The number of benzene rings is 7. The third-order valence-electron chi connectivity index (χ3n) is 14.3. The zero-order chi connectivity index (χ0) is 41.6. The lowest BCUT2D eigenvalue weighted by atomic mass is 9.33. The first-order chi connectivity index (χ1) is 30.1. The lowest BCUT2D eigenvalue weighted by Gasteiger charge is -2.45. The lowest BCUT2D eigenvalue weighted by molar-refractivity contribution is 0.392. The molecule has 0 spiro atoms. The van der Waals surface area contributed by atoms with E-state index in [2.05, 4.69) is 178 Å². The van der Waals surface area contributed by atoms with Gasteiger partial charge in [-0.1, -0.05) is 100 Å². The standard InChI is InChI=1S/C57H47BN2O2/c1-34-24-49-55-50(25-34)60(46-17-11-15-40-31-57(4,5)33-42(40)46)48-23-21-38(54-29-36-13-7-9-19-52(36)62-54)27-44(48)58(55)43-26-37(53-28-35-12-6-8-18-51(35)61-53)20-22-47(43)59(49)45-16-10-14-39-30-56(2,3)32-41(39)45/h6-29H,30-33H2,1-5H3. The monoisotopic (exact) mass is 802 g/mol. The third-order valence-corrected chi connectivity index (χ3v) is 14.3. The number of aryl methyl sites for hydroxylation is 1. The maximum atomic E-state index is 6.61. The molecule has 0 atom stereocenters. The van der Waals surface area contributed by atoms with Gasteiger partial charge in [-0.05, 0) is 160 Å². The van der Waals surface area contributed by atoms with Crippen LogP contribution in [0.3, 0.4) is 0 Å². The van der Waals surface area contributed by atoms with Gasteiger partial charge in [0.25, 0.3) is 6.71 Å².